The zero-order valence-electron chi connectivity index (χ0n) is 23.3. The van der Waals surface area contributed by atoms with Crippen molar-refractivity contribution in [3.8, 4) is 5.88 Å². The van der Waals surface area contributed by atoms with Crippen molar-refractivity contribution in [2.24, 2.45) is 0 Å². The van der Waals surface area contributed by atoms with Crippen molar-refractivity contribution in [3.63, 3.8) is 0 Å². The van der Waals surface area contributed by atoms with Gasteiger partial charge in [0, 0.05) is 61.8 Å². The van der Waals surface area contributed by atoms with Crippen molar-refractivity contribution in [1.29, 1.82) is 0 Å². The van der Waals surface area contributed by atoms with Crippen LogP contribution in [0.15, 0.2) is 48.1 Å². The van der Waals surface area contributed by atoms with Gasteiger partial charge in [-0.25, -0.2) is 14.8 Å². The number of hydrogen-bond acceptors (Lipinski definition) is 8. The number of anilines is 1. The van der Waals surface area contributed by atoms with Gasteiger partial charge in [0.25, 0.3) is 5.91 Å². The summed E-state index contributed by atoms with van der Waals surface area (Å²) in [6, 6.07) is 11.7. The molecule has 2 saturated heterocycles. The Balaban J connectivity index is 1.05. The molecule has 3 aromatic rings. The molecule has 9 nitrogen and oxygen atoms in total. The molecule has 0 aliphatic carbocycles. The van der Waals surface area contributed by atoms with E-state index in [0.29, 0.717) is 30.4 Å². The lowest BCUT2D eigenvalue weighted by molar-refractivity contribution is 0.102. The van der Waals surface area contributed by atoms with Crippen LogP contribution >= 0.6 is 11.3 Å². The molecule has 40 heavy (non-hydrogen) atoms. The number of aromatic nitrogens is 2. The third-order valence-corrected chi connectivity index (χ3v) is 8.85. The summed E-state index contributed by atoms with van der Waals surface area (Å²) in [6.07, 6.45) is 5.90. The zero-order valence-corrected chi connectivity index (χ0v) is 24.2. The molecule has 1 aromatic carbocycles. The summed E-state index contributed by atoms with van der Waals surface area (Å²) >= 11 is 1.70. The van der Waals surface area contributed by atoms with Crippen molar-refractivity contribution in [2.75, 3.05) is 44.6 Å². The lowest BCUT2D eigenvalue weighted by Crippen LogP contribution is -2.49. The molecule has 4 heterocycles. The van der Waals surface area contributed by atoms with Gasteiger partial charge in [0.15, 0.2) is 0 Å². The summed E-state index contributed by atoms with van der Waals surface area (Å²) in [5.74, 6) is 0.00945. The Kier molecular flexibility index (Phi) is 9.41. The molecule has 2 aliphatic rings. The van der Waals surface area contributed by atoms with Gasteiger partial charge < -0.3 is 15.0 Å². The number of pyridine rings is 1. The van der Waals surface area contributed by atoms with Gasteiger partial charge in [-0.2, -0.15) is 0 Å². The number of nitrogens with zero attached hydrogens (tertiary/aromatic N) is 5. The minimum absolute atomic E-state index is 0.201. The van der Waals surface area contributed by atoms with Crippen molar-refractivity contribution < 1.29 is 14.3 Å². The SMILES string of the molecule is Cc1ncsc1CCN1CCN(C(=O)Oc2ccc(NC(=O)c3ccc(CN4CCCCC4C)cc3)cn2)CC1. The first-order valence-electron chi connectivity index (χ1n) is 14.1. The van der Waals surface area contributed by atoms with E-state index in [9.17, 15) is 9.59 Å². The molecule has 2 amide bonds. The van der Waals surface area contributed by atoms with Crippen LogP contribution in [-0.2, 0) is 13.0 Å². The number of thiazole rings is 1. The number of aryl methyl sites for hydroxylation is 1. The van der Waals surface area contributed by atoms with Crippen LogP contribution in [0.2, 0.25) is 0 Å². The standard InChI is InChI=1S/C30H38N6O3S/c1-22-5-3-4-13-36(22)20-24-6-8-25(9-7-24)29(37)33-26-10-11-28(31-19-26)39-30(38)35-17-15-34(16-18-35)14-12-27-23(2)32-21-40-27/h6-11,19,21-22H,3-5,12-18,20H2,1-2H3,(H,33,37). The topological polar surface area (TPSA) is 90.9 Å². The summed E-state index contributed by atoms with van der Waals surface area (Å²) in [5, 5.41) is 2.87. The van der Waals surface area contributed by atoms with E-state index in [1.807, 2.05) is 36.7 Å². The Morgan fingerprint density at radius 3 is 2.50 bits per heavy atom. The molecule has 10 heteroatoms. The van der Waals surface area contributed by atoms with Crippen LogP contribution in [0.25, 0.3) is 0 Å². The molecule has 1 N–H and O–H groups in total. The Labute approximate surface area is 240 Å². The summed E-state index contributed by atoms with van der Waals surface area (Å²) in [7, 11) is 0. The second-order valence-electron chi connectivity index (χ2n) is 10.7. The van der Waals surface area contributed by atoms with Crippen LogP contribution in [0.4, 0.5) is 10.5 Å². The van der Waals surface area contributed by atoms with E-state index in [0.717, 1.165) is 44.8 Å². The molecule has 1 unspecified atom stereocenters. The molecule has 2 aliphatic heterocycles. The van der Waals surface area contributed by atoms with Crippen molar-refractivity contribution in [2.45, 2.75) is 52.1 Å². The van der Waals surface area contributed by atoms with E-state index in [1.54, 1.807) is 28.4 Å². The number of carbonyl (C=O) groups excluding carboxylic acids is 2. The average molecular weight is 563 g/mol. The minimum atomic E-state index is -0.402. The number of hydrogen-bond donors (Lipinski definition) is 1. The van der Waals surface area contributed by atoms with E-state index in [4.69, 9.17) is 4.74 Å². The number of likely N-dealkylation sites (tertiary alicyclic amines) is 1. The molecular formula is C30H38N6O3S. The van der Waals surface area contributed by atoms with E-state index >= 15 is 0 Å². The highest BCUT2D eigenvalue weighted by atomic mass is 32.1. The quantitative estimate of drug-likeness (QED) is 0.420. The lowest BCUT2D eigenvalue weighted by Gasteiger charge is -2.33. The van der Waals surface area contributed by atoms with Gasteiger partial charge in [0.1, 0.15) is 0 Å². The van der Waals surface area contributed by atoms with Gasteiger partial charge in [0.2, 0.25) is 5.88 Å². The third kappa shape index (κ3) is 7.44. The number of piperidine rings is 1. The normalized spacial score (nSPS) is 18.4. The Morgan fingerprint density at radius 1 is 1.02 bits per heavy atom. The molecule has 0 radical (unpaired) electrons. The van der Waals surface area contributed by atoms with E-state index < -0.39 is 6.09 Å². The smallest absolute Gasteiger partial charge is 0.391 e. The van der Waals surface area contributed by atoms with Crippen LogP contribution in [-0.4, -0.2) is 82.0 Å². The number of ether oxygens (including phenoxy) is 1. The first-order chi connectivity index (χ1) is 19.4. The first kappa shape index (κ1) is 28.2. The molecule has 0 bridgehead atoms. The van der Waals surface area contributed by atoms with Gasteiger partial charge in [-0.15, -0.1) is 11.3 Å². The number of amides is 2. The van der Waals surface area contributed by atoms with Gasteiger partial charge in [-0.05, 0) is 63.4 Å². The fraction of sp³-hybridized carbons (Fsp3) is 0.467. The molecule has 212 valence electrons. The molecule has 2 aromatic heterocycles. The highest BCUT2D eigenvalue weighted by Gasteiger charge is 2.23. The number of carbonyl (C=O) groups is 2. The molecular weight excluding hydrogens is 524 g/mol. The van der Waals surface area contributed by atoms with Crippen molar-refractivity contribution in [3.05, 3.63) is 69.8 Å². The summed E-state index contributed by atoms with van der Waals surface area (Å²) in [5.41, 5.74) is 5.35. The fourth-order valence-electron chi connectivity index (χ4n) is 5.24. The van der Waals surface area contributed by atoms with Crippen molar-refractivity contribution in [1.82, 2.24) is 24.7 Å². The molecule has 5 rings (SSSR count). The average Bonchev–Trinajstić information content (AvgIpc) is 3.39. The predicted octanol–water partition coefficient (Wildman–Crippen LogP) is 4.83. The Hall–Kier alpha value is -3.34. The van der Waals surface area contributed by atoms with Gasteiger partial charge in [-0.3, -0.25) is 14.6 Å². The van der Waals surface area contributed by atoms with Crippen LogP contribution in [0.5, 0.6) is 5.88 Å². The second kappa shape index (κ2) is 13.3. The van der Waals surface area contributed by atoms with Crippen LogP contribution in [0.3, 0.4) is 0 Å². The van der Waals surface area contributed by atoms with E-state index in [1.165, 1.54) is 35.9 Å². The lowest BCUT2D eigenvalue weighted by atomic mass is 10.0. The van der Waals surface area contributed by atoms with E-state index in [-0.39, 0.29) is 11.8 Å². The van der Waals surface area contributed by atoms with Crippen LogP contribution < -0.4 is 10.1 Å². The maximum atomic E-state index is 12.7. The van der Waals surface area contributed by atoms with Crippen LogP contribution in [0.1, 0.15) is 52.7 Å². The second-order valence-corrected chi connectivity index (χ2v) is 11.6. The van der Waals surface area contributed by atoms with Crippen LogP contribution in [0, 0.1) is 6.92 Å². The maximum absolute atomic E-state index is 12.7. The largest absolute Gasteiger partial charge is 0.416 e. The summed E-state index contributed by atoms with van der Waals surface area (Å²) in [4.78, 5) is 41.8. The summed E-state index contributed by atoms with van der Waals surface area (Å²) in [6.45, 7) is 10.2. The van der Waals surface area contributed by atoms with E-state index in [2.05, 4.69) is 32.0 Å². The Bertz CT molecular complexity index is 1270. The monoisotopic (exact) mass is 562 g/mol. The number of benzene rings is 1. The molecule has 0 saturated carbocycles. The highest BCUT2D eigenvalue weighted by molar-refractivity contribution is 7.09. The number of nitrogens with one attached hydrogen (secondary N) is 1. The molecule has 2 fully saturated rings. The molecule has 1 atom stereocenters. The van der Waals surface area contributed by atoms with Gasteiger partial charge in [0.05, 0.1) is 23.1 Å². The van der Waals surface area contributed by atoms with Crippen molar-refractivity contribution >= 4 is 29.0 Å². The minimum Gasteiger partial charge on any atom is -0.391 e. The predicted molar refractivity (Wildman–Crippen MR) is 157 cm³/mol. The fourth-order valence-corrected chi connectivity index (χ4v) is 6.01. The maximum Gasteiger partial charge on any atom is 0.416 e. The first-order valence-corrected chi connectivity index (χ1v) is 15.0. The van der Waals surface area contributed by atoms with Gasteiger partial charge in [-0.1, -0.05) is 18.6 Å². The molecule has 0 spiro atoms. The van der Waals surface area contributed by atoms with Gasteiger partial charge >= 0.3 is 6.09 Å². The Morgan fingerprint density at radius 2 is 1.82 bits per heavy atom. The number of piperazine rings is 1. The summed E-state index contributed by atoms with van der Waals surface area (Å²) < 4.78 is 5.49. The highest BCUT2D eigenvalue weighted by Crippen LogP contribution is 2.20. The zero-order chi connectivity index (χ0) is 27.9. The number of rotatable bonds is 8. The third-order valence-electron chi connectivity index (χ3n) is 7.86.